The molecule has 1 aliphatic heterocycles. The van der Waals surface area contributed by atoms with Crippen LogP contribution in [0.4, 0.5) is 0 Å². The van der Waals surface area contributed by atoms with Crippen LogP contribution in [0, 0.1) is 0 Å². The number of hydrogen-bond acceptors (Lipinski definition) is 5. The maximum absolute atomic E-state index is 11.9. The Balaban J connectivity index is 2.89. The zero-order valence-corrected chi connectivity index (χ0v) is 13.2. The van der Waals surface area contributed by atoms with Gasteiger partial charge in [0.15, 0.2) is 0 Å². The zero-order chi connectivity index (χ0) is 15.7. The van der Waals surface area contributed by atoms with E-state index in [1.165, 1.54) is 12.5 Å². The van der Waals surface area contributed by atoms with E-state index in [-0.39, 0.29) is 18.8 Å². The zero-order valence-electron chi connectivity index (χ0n) is 13.2. The third-order valence-corrected chi connectivity index (χ3v) is 3.29. The van der Waals surface area contributed by atoms with Crippen molar-refractivity contribution in [2.45, 2.75) is 40.0 Å². The summed E-state index contributed by atoms with van der Waals surface area (Å²) in [6.45, 7) is 7.93. The molecule has 5 heteroatoms. The number of likely N-dealkylation sites (tertiary alicyclic amines) is 1. The maximum Gasteiger partial charge on any atom is 0.338 e. The third-order valence-electron chi connectivity index (χ3n) is 3.29. The van der Waals surface area contributed by atoms with Gasteiger partial charge >= 0.3 is 11.9 Å². The number of ether oxygens (including phenoxy) is 2. The van der Waals surface area contributed by atoms with Gasteiger partial charge in [-0.15, -0.1) is 0 Å². The van der Waals surface area contributed by atoms with Gasteiger partial charge in [0.05, 0.1) is 18.8 Å². The van der Waals surface area contributed by atoms with E-state index in [1.54, 1.807) is 19.9 Å². The van der Waals surface area contributed by atoms with Crippen LogP contribution in [0.1, 0.15) is 40.0 Å². The first kappa shape index (κ1) is 17.3. The molecule has 1 saturated heterocycles. The van der Waals surface area contributed by atoms with Gasteiger partial charge in [-0.2, -0.15) is 0 Å². The minimum atomic E-state index is -0.525. The molecule has 0 N–H and O–H groups in total. The Kier molecular flexibility index (Phi) is 7.58. The molecular weight excluding hydrogens is 270 g/mol. The van der Waals surface area contributed by atoms with E-state index in [0.717, 1.165) is 31.6 Å². The van der Waals surface area contributed by atoms with Crippen LogP contribution in [0.5, 0.6) is 0 Å². The van der Waals surface area contributed by atoms with Gasteiger partial charge in [0, 0.05) is 24.9 Å². The van der Waals surface area contributed by atoms with Crippen LogP contribution in [0.25, 0.3) is 0 Å². The Morgan fingerprint density at radius 3 is 2.19 bits per heavy atom. The van der Waals surface area contributed by atoms with Gasteiger partial charge in [0.1, 0.15) is 0 Å². The van der Waals surface area contributed by atoms with Gasteiger partial charge in [-0.05, 0) is 46.1 Å². The second-order valence-corrected chi connectivity index (χ2v) is 4.91. The van der Waals surface area contributed by atoms with Crippen LogP contribution in [-0.2, 0) is 19.1 Å². The van der Waals surface area contributed by atoms with Gasteiger partial charge < -0.3 is 14.4 Å². The molecule has 0 radical (unpaired) electrons. The standard InChI is InChI=1S/C16H25NO4/c1-4-20-15(18)12-14(16(19)21-5-2)11-13(3)17-9-7-6-8-10-17/h11-12H,4-10H2,1-3H3/b13-11+,14-12-. The number of nitrogens with zero attached hydrogens (tertiary/aromatic N) is 1. The first-order chi connectivity index (χ1) is 10.1. The Labute approximate surface area is 126 Å². The molecule has 0 spiro atoms. The van der Waals surface area contributed by atoms with Crippen molar-refractivity contribution >= 4 is 11.9 Å². The summed E-state index contributed by atoms with van der Waals surface area (Å²) < 4.78 is 9.85. The Bertz CT molecular complexity index is 420. The molecule has 5 nitrogen and oxygen atoms in total. The van der Waals surface area contributed by atoms with Crippen LogP contribution >= 0.6 is 0 Å². The molecule has 0 aromatic rings. The topological polar surface area (TPSA) is 55.8 Å². The Morgan fingerprint density at radius 2 is 1.62 bits per heavy atom. The van der Waals surface area contributed by atoms with Crippen LogP contribution in [0.15, 0.2) is 23.4 Å². The molecule has 1 aliphatic rings. The van der Waals surface area contributed by atoms with Crippen LogP contribution in [0.3, 0.4) is 0 Å². The van der Waals surface area contributed by atoms with Crippen LogP contribution in [0.2, 0.25) is 0 Å². The SMILES string of the molecule is CCOC(=O)/C=C(/C=C(\C)N1CCCCC1)C(=O)OCC. The second kappa shape index (κ2) is 9.21. The predicted octanol–water partition coefficient (Wildman–Crippen LogP) is 2.43. The van der Waals surface area contributed by atoms with Gasteiger partial charge in [-0.1, -0.05) is 0 Å². The van der Waals surface area contributed by atoms with Crippen LogP contribution in [-0.4, -0.2) is 43.1 Å². The van der Waals surface area contributed by atoms with Crippen molar-refractivity contribution in [3.8, 4) is 0 Å². The van der Waals surface area contributed by atoms with Gasteiger partial charge in [-0.25, -0.2) is 9.59 Å². The monoisotopic (exact) mass is 295 g/mol. The van der Waals surface area contributed by atoms with Crippen molar-refractivity contribution in [1.29, 1.82) is 0 Å². The van der Waals surface area contributed by atoms with Crippen LogP contribution < -0.4 is 0 Å². The molecule has 0 aromatic heterocycles. The minimum Gasteiger partial charge on any atom is -0.463 e. The number of hydrogen-bond donors (Lipinski definition) is 0. The van der Waals surface area contributed by atoms with Gasteiger partial charge in [0.2, 0.25) is 0 Å². The highest BCUT2D eigenvalue weighted by atomic mass is 16.5. The lowest BCUT2D eigenvalue weighted by Gasteiger charge is -2.29. The highest BCUT2D eigenvalue weighted by Gasteiger charge is 2.15. The number of piperidine rings is 1. The van der Waals surface area contributed by atoms with E-state index in [1.807, 2.05) is 6.92 Å². The summed E-state index contributed by atoms with van der Waals surface area (Å²) in [5.41, 5.74) is 1.21. The fourth-order valence-corrected chi connectivity index (χ4v) is 2.25. The van der Waals surface area contributed by atoms with E-state index in [9.17, 15) is 9.59 Å². The fraction of sp³-hybridized carbons (Fsp3) is 0.625. The number of carbonyl (C=O) groups is 2. The van der Waals surface area contributed by atoms with Crippen molar-refractivity contribution in [2.75, 3.05) is 26.3 Å². The predicted molar refractivity (Wildman–Crippen MR) is 80.5 cm³/mol. The molecule has 0 bridgehead atoms. The van der Waals surface area contributed by atoms with Crippen molar-refractivity contribution in [1.82, 2.24) is 4.90 Å². The lowest BCUT2D eigenvalue weighted by Crippen LogP contribution is -2.28. The summed E-state index contributed by atoms with van der Waals surface area (Å²) >= 11 is 0. The van der Waals surface area contributed by atoms with E-state index in [4.69, 9.17) is 9.47 Å². The maximum atomic E-state index is 11.9. The van der Waals surface area contributed by atoms with E-state index < -0.39 is 11.9 Å². The number of rotatable bonds is 6. The molecular formula is C16H25NO4. The first-order valence-electron chi connectivity index (χ1n) is 7.57. The quantitative estimate of drug-likeness (QED) is 0.428. The molecule has 0 unspecified atom stereocenters. The second-order valence-electron chi connectivity index (χ2n) is 4.91. The molecule has 0 saturated carbocycles. The molecule has 1 heterocycles. The van der Waals surface area contributed by atoms with E-state index in [0.29, 0.717) is 0 Å². The molecule has 0 aromatic carbocycles. The summed E-state index contributed by atoms with van der Waals surface area (Å²) in [5.74, 6) is -1.02. The van der Waals surface area contributed by atoms with Crippen molar-refractivity contribution in [3.05, 3.63) is 23.4 Å². The number of allylic oxidation sites excluding steroid dienone is 1. The first-order valence-corrected chi connectivity index (χ1v) is 7.57. The molecule has 1 rings (SSSR count). The average molecular weight is 295 g/mol. The van der Waals surface area contributed by atoms with Crippen molar-refractivity contribution < 1.29 is 19.1 Å². The van der Waals surface area contributed by atoms with E-state index >= 15 is 0 Å². The van der Waals surface area contributed by atoms with E-state index in [2.05, 4.69) is 4.90 Å². The average Bonchev–Trinajstić information content (AvgIpc) is 2.48. The molecule has 118 valence electrons. The molecule has 21 heavy (non-hydrogen) atoms. The smallest absolute Gasteiger partial charge is 0.338 e. The van der Waals surface area contributed by atoms with Crippen molar-refractivity contribution in [3.63, 3.8) is 0 Å². The third kappa shape index (κ3) is 6.02. The lowest BCUT2D eigenvalue weighted by molar-refractivity contribution is -0.140. The lowest BCUT2D eigenvalue weighted by atomic mass is 10.1. The summed E-state index contributed by atoms with van der Waals surface area (Å²) in [6, 6.07) is 0. The fourth-order valence-electron chi connectivity index (χ4n) is 2.25. The minimum absolute atomic E-state index is 0.235. The molecule has 1 fully saturated rings. The van der Waals surface area contributed by atoms with Gasteiger partial charge in [-0.3, -0.25) is 0 Å². The van der Waals surface area contributed by atoms with Gasteiger partial charge in [0.25, 0.3) is 0 Å². The summed E-state index contributed by atoms with van der Waals surface area (Å²) in [6.07, 6.45) is 6.46. The Hall–Kier alpha value is -1.78. The molecule has 0 atom stereocenters. The normalized spacial score (nSPS) is 16.6. The molecule has 0 aliphatic carbocycles. The molecule has 0 amide bonds. The Morgan fingerprint density at radius 1 is 1.00 bits per heavy atom. The highest BCUT2D eigenvalue weighted by molar-refractivity contribution is 5.98. The van der Waals surface area contributed by atoms with Crippen molar-refractivity contribution in [2.24, 2.45) is 0 Å². The summed E-state index contributed by atoms with van der Waals surface area (Å²) in [7, 11) is 0. The number of esters is 2. The largest absolute Gasteiger partial charge is 0.463 e. The highest BCUT2D eigenvalue weighted by Crippen LogP contribution is 2.16. The number of carbonyl (C=O) groups excluding carboxylic acids is 2. The summed E-state index contributed by atoms with van der Waals surface area (Å²) in [4.78, 5) is 25.7. The summed E-state index contributed by atoms with van der Waals surface area (Å²) in [5, 5.41) is 0.